The van der Waals surface area contributed by atoms with Gasteiger partial charge in [-0.05, 0) is 45.1 Å². The first-order valence-corrected chi connectivity index (χ1v) is 9.06. The Balaban J connectivity index is 1.97. The zero-order valence-corrected chi connectivity index (χ0v) is 15.9. The number of ether oxygens (including phenoxy) is 2. The Hall–Kier alpha value is -2.12. The fraction of sp³-hybridized carbons (Fsp3) is 0.444. The van der Waals surface area contributed by atoms with E-state index < -0.39 is 0 Å². The molecule has 134 valence electrons. The number of nitrogens with zero attached hydrogens (tertiary/aromatic N) is 3. The second-order valence-corrected chi connectivity index (χ2v) is 7.37. The quantitative estimate of drug-likeness (QED) is 0.820. The van der Waals surface area contributed by atoms with Crippen molar-refractivity contribution in [2.45, 2.75) is 13.8 Å². The van der Waals surface area contributed by atoms with Crippen molar-refractivity contribution in [2.24, 2.45) is 0 Å². The number of hydrogen-bond acceptors (Lipinski definition) is 6. The normalized spacial score (nSPS) is 14.2. The third-order valence-corrected chi connectivity index (χ3v) is 5.15. The molecule has 0 unspecified atom stereocenters. The molecule has 2 heterocycles. The number of aromatic nitrogens is 1. The summed E-state index contributed by atoms with van der Waals surface area (Å²) in [6, 6.07) is 4.19. The number of amides is 1. The van der Waals surface area contributed by atoms with Gasteiger partial charge in [0.2, 0.25) is 5.76 Å². The topological polar surface area (TPSA) is 54.9 Å². The summed E-state index contributed by atoms with van der Waals surface area (Å²) in [5.41, 5.74) is 3.27. The maximum atomic E-state index is 12.9. The highest BCUT2D eigenvalue weighted by atomic mass is 32.1. The summed E-state index contributed by atoms with van der Waals surface area (Å²) in [5, 5.41) is 0.686. The Kier molecular flexibility index (Phi) is 5.24. The molecule has 1 aromatic heterocycles. The van der Waals surface area contributed by atoms with E-state index in [1.165, 1.54) is 28.7 Å². The molecular formula is C18H23N3O3S. The molecule has 2 aromatic rings. The van der Waals surface area contributed by atoms with Crippen molar-refractivity contribution >= 4 is 32.6 Å². The number of carbonyl (C=O) groups is 1. The summed E-state index contributed by atoms with van der Waals surface area (Å²) in [7, 11) is 3.96. The van der Waals surface area contributed by atoms with Crippen molar-refractivity contribution in [2.75, 3.05) is 45.3 Å². The van der Waals surface area contributed by atoms with Crippen LogP contribution >= 0.6 is 11.3 Å². The zero-order valence-electron chi connectivity index (χ0n) is 15.0. The molecule has 0 saturated carbocycles. The van der Waals surface area contributed by atoms with Crippen molar-refractivity contribution in [3.8, 4) is 0 Å². The van der Waals surface area contributed by atoms with Crippen molar-refractivity contribution in [3.63, 3.8) is 0 Å². The van der Waals surface area contributed by atoms with Crippen LogP contribution in [0, 0.1) is 13.8 Å². The van der Waals surface area contributed by atoms with E-state index in [1.807, 2.05) is 19.0 Å². The van der Waals surface area contributed by atoms with E-state index >= 15 is 0 Å². The van der Waals surface area contributed by atoms with Gasteiger partial charge in [0, 0.05) is 13.1 Å². The summed E-state index contributed by atoms with van der Waals surface area (Å²) >= 11 is 1.54. The molecule has 7 heteroatoms. The lowest BCUT2D eigenvalue weighted by Gasteiger charge is -2.24. The third kappa shape index (κ3) is 3.93. The molecule has 0 fully saturated rings. The molecule has 1 aliphatic rings. The number of fused-ring (bicyclic) bond motifs is 1. The van der Waals surface area contributed by atoms with Crippen LogP contribution in [0.2, 0.25) is 0 Å². The number of benzene rings is 1. The van der Waals surface area contributed by atoms with Gasteiger partial charge in [-0.25, -0.2) is 4.98 Å². The molecule has 1 aliphatic heterocycles. The zero-order chi connectivity index (χ0) is 18.0. The molecule has 0 bridgehead atoms. The SMILES string of the molecule is Cc1cc(C)c2sc(N(CCN(C)C)C(=O)C3=COCCO3)nc2c1. The van der Waals surface area contributed by atoms with Crippen LogP contribution in [0.5, 0.6) is 0 Å². The number of thiazole rings is 1. The Morgan fingerprint density at radius 2 is 2.04 bits per heavy atom. The molecule has 0 aliphatic carbocycles. The first kappa shape index (κ1) is 17.7. The first-order chi connectivity index (χ1) is 12.0. The molecule has 0 radical (unpaired) electrons. The Morgan fingerprint density at radius 3 is 2.72 bits per heavy atom. The molecule has 1 aromatic carbocycles. The average Bonchev–Trinajstić information content (AvgIpc) is 2.99. The Bertz CT molecular complexity index is 813. The Morgan fingerprint density at radius 1 is 1.24 bits per heavy atom. The number of hydrogen-bond donors (Lipinski definition) is 0. The molecule has 0 saturated heterocycles. The molecule has 3 rings (SSSR count). The smallest absolute Gasteiger partial charge is 0.298 e. The van der Waals surface area contributed by atoms with Crippen molar-refractivity contribution in [1.29, 1.82) is 0 Å². The molecule has 0 spiro atoms. The van der Waals surface area contributed by atoms with Gasteiger partial charge < -0.3 is 14.4 Å². The molecule has 6 nitrogen and oxygen atoms in total. The summed E-state index contributed by atoms with van der Waals surface area (Å²) in [6.45, 7) is 6.24. The van der Waals surface area contributed by atoms with Gasteiger partial charge in [0.1, 0.15) is 19.5 Å². The van der Waals surface area contributed by atoms with E-state index in [9.17, 15) is 4.79 Å². The lowest BCUT2D eigenvalue weighted by molar-refractivity contribution is -0.119. The van der Waals surface area contributed by atoms with Crippen LogP contribution in [0.15, 0.2) is 24.2 Å². The number of anilines is 1. The minimum Gasteiger partial charge on any atom is -0.494 e. The highest BCUT2D eigenvalue weighted by Crippen LogP contribution is 2.32. The minimum absolute atomic E-state index is 0.213. The second-order valence-electron chi connectivity index (χ2n) is 6.39. The maximum absolute atomic E-state index is 12.9. The van der Waals surface area contributed by atoms with Gasteiger partial charge in [-0.1, -0.05) is 17.4 Å². The summed E-state index contributed by atoms with van der Waals surface area (Å²) in [6.07, 6.45) is 1.40. The van der Waals surface area contributed by atoms with Crippen LogP contribution in [0.4, 0.5) is 5.13 Å². The van der Waals surface area contributed by atoms with Crippen LogP contribution in [0.25, 0.3) is 10.2 Å². The van der Waals surface area contributed by atoms with Crippen LogP contribution in [-0.4, -0.2) is 56.2 Å². The van der Waals surface area contributed by atoms with E-state index in [0.29, 0.717) is 24.9 Å². The van der Waals surface area contributed by atoms with Gasteiger partial charge in [0.25, 0.3) is 5.91 Å². The summed E-state index contributed by atoms with van der Waals surface area (Å²) in [5.74, 6) is 0.0205. The van der Waals surface area contributed by atoms with Crippen molar-refractivity contribution in [1.82, 2.24) is 9.88 Å². The third-order valence-electron chi connectivity index (χ3n) is 3.92. The molecular weight excluding hydrogens is 338 g/mol. The fourth-order valence-corrected chi connectivity index (χ4v) is 3.72. The molecule has 1 amide bonds. The van der Waals surface area contributed by atoms with Crippen LogP contribution in [0.3, 0.4) is 0 Å². The van der Waals surface area contributed by atoms with E-state index in [0.717, 1.165) is 16.8 Å². The standard InChI is InChI=1S/C18H23N3O3S/c1-12-9-13(2)16-14(10-12)19-18(25-16)21(6-5-20(3)4)17(22)15-11-23-7-8-24-15/h9-11H,5-8H2,1-4H3. The fourth-order valence-electron chi connectivity index (χ4n) is 2.68. The van der Waals surface area contributed by atoms with Crippen molar-refractivity contribution < 1.29 is 14.3 Å². The number of aryl methyl sites for hydroxylation is 2. The van der Waals surface area contributed by atoms with Gasteiger partial charge >= 0.3 is 0 Å². The first-order valence-electron chi connectivity index (χ1n) is 8.24. The van der Waals surface area contributed by atoms with E-state index in [4.69, 9.17) is 14.5 Å². The van der Waals surface area contributed by atoms with Crippen molar-refractivity contribution in [3.05, 3.63) is 35.3 Å². The largest absolute Gasteiger partial charge is 0.494 e. The van der Waals surface area contributed by atoms with E-state index in [1.54, 1.807) is 4.90 Å². The Labute approximate surface area is 151 Å². The van der Waals surface area contributed by atoms with Crippen LogP contribution < -0.4 is 4.90 Å². The molecule has 0 atom stereocenters. The van der Waals surface area contributed by atoms with Gasteiger partial charge in [0.15, 0.2) is 5.13 Å². The number of rotatable bonds is 5. The highest BCUT2D eigenvalue weighted by molar-refractivity contribution is 7.22. The van der Waals surface area contributed by atoms with Gasteiger partial charge in [0.05, 0.1) is 10.2 Å². The monoisotopic (exact) mass is 361 g/mol. The van der Waals surface area contributed by atoms with E-state index in [-0.39, 0.29) is 11.7 Å². The maximum Gasteiger partial charge on any atom is 0.298 e. The lowest BCUT2D eigenvalue weighted by Crippen LogP contribution is -2.38. The van der Waals surface area contributed by atoms with Gasteiger partial charge in [-0.2, -0.15) is 0 Å². The van der Waals surface area contributed by atoms with Gasteiger partial charge in [-0.3, -0.25) is 9.69 Å². The highest BCUT2D eigenvalue weighted by Gasteiger charge is 2.26. The second kappa shape index (κ2) is 7.41. The predicted octanol–water partition coefficient (Wildman–Crippen LogP) is 2.70. The predicted molar refractivity (Wildman–Crippen MR) is 100.0 cm³/mol. The molecule has 0 N–H and O–H groups in total. The van der Waals surface area contributed by atoms with Crippen LogP contribution in [-0.2, 0) is 14.3 Å². The minimum atomic E-state index is -0.213. The molecule has 25 heavy (non-hydrogen) atoms. The number of carbonyl (C=O) groups excluding carboxylic acids is 1. The number of likely N-dealkylation sites (N-methyl/N-ethyl adjacent to an activating group) is 1. The summed E-state index contributed by atoms with van der Waals surface area (Å²) in [4.78, 5) is 21.4. The average molecular weight is 361 g/mol. The summed E-state index contributed by atoms with van der Waals surface area (Å²) < 4.78 is 11.8. The van der Waals surface area contributed by atoms with Gasteiger partial charge in [-0.15, -0.1) is 0 Å². The lowest BCUT2D eigenvalue weighted by atomic mass is 10.1. The van der Waals surface area contributed by atoms with Crippen LogP contribution in [0.1, 0.15) is 11.1 Å². The van der Waals surface area contributed by atoms with E-state index in [2.05, 4.69) is 26.0 Å².